The highest BCUT2D eigenvalue weighted by atomic mass is 16.6. The molecule has 1 aliphatic rings. The summed E-state index contributed by atoms with van der Waals surface area (Å²) in [4.78, 5) is 28.9. The predicted molar refractivity (Wildman–Crippen MR) is 108 cm³/mol. The number of hydrogen-bond acceptors (Lipinski definition) is 6. The molecule has 0 N–H and O–H groups in total. The Kier molecular flexibility index (Phi) is 4.64. The molecule has 1 aliphatic heterocycles. The van der Waals surface area contributed by atoms with E-state index in [2.05, 4.69) is 4.99 Å². The normalized spacial score (nSPS) is 14.8. The van der Waals surface area contributed by atoms with Crippen LogP contribution in [0.25, 0.3) is 17.0 Å². The molecule has 0 saturated heterocycles. The summed E-state index contributed by atoms with van der Waals surface area (Å²) < 4.78 is 17.4. The molecule has 2 heterocycles. The number of hydrogen-bond donors (Lipinski definition) is 0. The molecule has 1 aromatic heterocycles. The van der Waals surface area contributed by atoms with E-state index in [1.165, 1.54) is 14.0 Å². The van der Waals surface area contributed by atoms with E-state index in [1.807, 2.05) is 30.3 Å². The Morgan fingerprint density at radius 1 is 1.07 bits per heavy atom. The van der Waals surface area contributed by atoms with Crippen LogP contribution >= 0.6 is 0 Å². The number of aromatic nitrogens is 1. The molecule has 0 atom stereocenters. The van der Waals surface area contributed by atoms with Crippen LogP contribution in [0.2, 0.25) is 0 Å². The van der Waals surface area contributed by atoms with Crippen LogP contribution in [-0.2, 0) is 9.53 Å². The Hall–Kier alpha value is -3.87. The first kappa shape index (κ1) is 18.5. The minimum Gasteiger partial charge on any atom is -0.493 e. The van der Waals surface area contributed by atoms with Gasteiger partial charge in [0.2, 0.25) is 11.8 Å². The fourth-order valence-corrected chi connectivity index (χ4v) is 3.28. The van der Waals surface area contributed by atoms with Crippen LogP contribution in [0.1, 0.15) is 23.0 Å². The molecule has 2 aromatic carbocycles. The molecule has 4 rings (SSSR count). The Labute approximate surface area is 166 Å². The zero-order valence-corrected chi connectivity index (χ0v) is 16.1. The lowest BCUT2D eigenvalue weighted by atomic mass is 10.2. The summed E-state index contributed by atoms with van der Waals surface area (Å²) in [5.74, 6) is 0.470. The van der Waals surface area contributed by atoms with E-state index >= 15 is 0 Å². The summed E-state index contributed by atoms with van der Waals surface area (Å²) in [6.45, 7) is 1.47. The first-order valence-corrected chi connectivity index (χ1v) is 8.88. The highest BCUT2D eigenvalue weighted by Gasteiger charge is 2.26. The molecule has 0 saturated carbocycles. The van der Waals surface area contributed by atoms with E-state index in [9.17, 15) is 9.59 Å². The van der Waals surface area contributed by atoms with E-state index < -0.39 is 5.97 Å². The molecular formula is C22H18N2O5. The van der Waals surface area contributed by atoms with Crippen LogP contribution in [0.5, 0.6) is 11.5 Å². The summed E-state index contributed by atoms with van der Waals surface area (Å²) in [6, 6.07) is 14.5. The summed E-state index contributed by atoms with van der Waals surface area (Å²) in [7, 11) is 3.07. The number of methoxy groups -OCH3 is 2. The van der Waals surface area contributed by atoms with Crippen LogP contribution in [0, 0.1) is 0 Å². The van der Waals surface area contributed by atoms with Gasteiger partial charge in [-0.05, 0) is 36.4 Å². The fourth-order valence-electron chi connectivity index (χ4n) is 3.28. The maximum Gasteiger partial charge on any atom is 0.363 e. The van der Waals surface area contributed by atoms with Gasteiger partial charge in [-0.25, -0.2) is 9.79 Å². The Morgan fingerprint density at radius 2 is 1.83 bits per heavy atom. The van der Waals surface area contributed by atoms with Gasteiger partial charge in [-0.2, -0.15) is 0 Å². The Balaban J connectivity index is 1.77. The van der Waals surface area contributed by atoms with Crippen molar-refractivity contribution < 1.29 is 23.8 Å². The zero-order valence-electron chi connectivity index (χ0n) is 16.1. The molecule has 146 valence electrons. The van der Waals surface area contributed by atoms with E-state index in [-0.39, 0.29) is 17.5 Å². The number of benzene rings is 2. The lowest BCUT2D eigenvalue weighted by molar-refractivity contribution is -0.129. The first-order valence-electron chi connectivity index (χ1n) is 8.88. The number of carbonyl (C=O) groups is 2. The van der Waals surface area contributed by atoms with Gasteiger partial charge in [-0.15, -0.1) is 0 Å². The molecule has 0 amide bonds. The number of fused-ring (bicyclic) bond motifs is 1. The third-order valence-corrected chi connectivity index (χ3v) is 4.59. The van der Waals surface area contributed by atoms with Crippen molar-refractivity contribution in [3.8, 4) is 11.5 Å². The number of nitrogens with zero attached hydrogens (tertiary/aromatic N) is 2. The number of carbonyl (C=O) groups excluding carboxylic acids is 2. The molecule has 0 unspecified atom stereocenters. The third kappa shape index (κ3) is 3.27. The van der Waals surface area contributed by atoms with Crippen molar-refractivity contribution in [3.05, 3.63) is 65.5 Å². The number of esters is 1. The van der Waals surface area contributed by atoms with Crippen LogP contribution in [-0.4, -0.2) is 36.6 Å². The summed E-state index contributed by atoms with van der Waals surface area (Å²) in [6.07, 6.45) is 1.55. The lowest BCUT2D eigenvalue weighted by Crippen LogP contribution is -2.08. The van der Waals surface area contributed by atoms with Crippen molar-refractivity contribution in [3.63, 3.8) is 0 Å². The standard InChI is InChI=1S/C22H18N2O5/c1-13(25)24-16(10-14-6-4-5-7-18(14)24)12-17-22(26)29-21(23-17)15-8-9-19(27-2)20(11-15)28-3/h4-12H,1-3H3. The molecule has 0 aliphatic carbocycles. The monoisotopic (exact) mass is 390 g/mol. The Morgan fingerprint density at radius 3 is 2.55 bits per heavy atom. The maximum atomic E-state index is 12.4. The molecular weight excluding hydrogens is 372 g/mol. The molecule has 3 aromatic rings. The van der Waals surface area contributed by atoms with Gasteiger partial charge in [0.15, 0.2) is 17.2 Å². The molecule has 0 spiro atoms. The van der Waals surface area contributed by atoms with Crippen molar-refractivity contribution in [2.24, 2.45) is 4.99 Å². The van der Waals surface area contributed by atoms with Crippen LogP contribution < -0.4 is 9.47 Å². The number of ether oxygens (including phenoxy) is 3. The largest absolute Gasteiger partial charge is 0.493 e. The van der Waals surface area contributed by atoms with E-state index in [0.29, 0.717) is 22.8 Å². The summed E-state index contributed by atoms with van der Waals surface area (Å²) >= 11 is 0. The van der Waals surface area contributed by atoms with Gasteiger partial charge in [-0.3, -0.25) is 9.36 Å². The molecule has 29 heavy (non-hydrogen) atoms. The van der Waals surface area contributed by atoms with Crippen LogP contribution in [0.4, 0.5) is 0 Å². The topological polar surface area (TPSA) is 79.1 Å². The molecule has 0 bridgehead atoms. The van der Waals surface area contributed by atoms with Crippen molar-refractivity contribution in [2.75, 3.05) is 14.2 Å². The van der Waals surface area contributed by atoms with Gasteiger partial charge < -0.3 is 14.2 Å². The van der Waals surface area contributed by atoms with Crippen molar-refractivity contribution in [1.82, 2.24) is 4.57 Å². The van der Waals surface area contributed by atoms with Gasteiger partial charge >= 0.3 is 5.97 Å². The van der Waals surface area contributed by atoms with E-state index in [4.69, 9.17) is 14.2 Å². The maximum absolute atomic E-state index is 12.4. The molecule has 7 heteroatoms. The summed E-state index contributed by atoms with van der Waals surface area (Å²) in [5, 5.41) is 0.894. The van der Waals surface area contributed by atoms with Crippen LogP contribution in [0.15, 0.2) is 59.2 Å². The molecule has 0 radical (unpaired) electrons. The SMILES string of the molecule is COc1ccc(C2=NC(=Cc3cc4ccccc4n3C(C)=O)C(=O)O2)cc1OC. The number of cyclic esters (lactones) is 1. The summed E-state index contributed by atoms with van der Waals surface area (Å²) in [5.41, 5.74) is 2.01. The van der Waals surface area contributed by atoms with Crippen LogP contribution in [0.3, 0.4) is 0 Å². The highest BCUT2D eigenvalue weighted by Crippen LogP contribution is 2.30. The lowest BCUT2D eigenvalue weighted by Gasteiger charge is -2.08. The van der Waals surface area contributed by atoms with Crippen molar-refractivity contribution in [2.45, 2.75) is 6.92 Å². The van der Waals surface area contributed by atoms with Gasteiger partial charge in [0.25, 0.3) is 0 Å². The quantitative estimate of drug-likeness (QED) is 0.502. The van der Waals surface area contributed by atoms with Crippen molar-refractivity contribution >= 4 is 34.8 Å². The number of aliphatic imine (C=N–C) groups is 1. The second-order valence-electron chi connectivity index (χ2n) is 6.39. The zero-order chi connectivity index (χ0) is 20.5. The highest BCUT2D eigenvalue weighted by molar-refractivity contribution is 6.13. The number of rotatable bonds is 4. The predicted octanol–water partition coefficient (Wildman–Crippen LogP) is 3.66. The van der Waals surface area contributed by atoms with Crippen molar-refractivity contribution in [1.29, 1.82) is 0 Å². The minimum absolute atomic E-state index is 0.111. The van der Waals surface area contributed by atoms with E-state index in [0.717, 1.165) is 10.9 Å². The first-order chi connectivity index (χ1) is 14.0. The fraction of sp³-hybridized carbons (Fsp3) is 0.136. The molecule has 0 fully saturated rings. The molecule has 7 nitrogen and oxygen atoms in total. The third-order valence-electron chi connectivity index (χ3n) is 4.59. The van der Waals surface area contributed by atoms with Gasteiger partial charge in [0, 0.05) is 17.9 Å². The Bertz CT molecular complexity index is 1200. The second kappa shape index (κ2) is 7.27. The smallest absolute Gasteiger partial charge is 0.363 e. The van der Waals surface area contributed by atoms with E-state index in [1.54, 1.807) is 36.0 Å². The minimum atomic E-state index is -0.588. The second-order valence-corrected chi connectivity index (χ2v) is 6.39. The van der Waals surface area contributed by atoms with Gasteiger partial charge in [-0.1, -0.05) is 18.2 Å². The van der Waals surface area contributed by atoms with Gasteiger partial charge in [0.05, 0.1) is 25.4 Å². The average Bonchev–Trinajstić information content (AvgIpc) is 3.27. The number of para-hydroxylation sites is 1. The average molecular weight is 390 g/mol. The van der Waals surface area contributed by atoms with Gasteiger partial charge in [0.1, 0.15) is 0 Å².